The van der Waals surface area contributed by atoms with Gasteiger partial charge in [-0.25, -0.2) is 4.99 Å². The molecule has 0 amide bonds. The smallest absolute Gasteiger partial charge is 0.210 e. The lowest BCUT2D eigenvalue weighted by atomic mass is 10.0. The van der Waals surface area contributed by atoms with Crippen LogP contribution in [-0.2, 0) is 0 Å². The summed E-state index contributed by atoms with van der Waals surface area (Å²) >= 11 is 0. The number of hydrogen-bond donors (Lipinski definition) is 0. The van der Waals surface area contributed by atoms with Crippen LogP contribution in [0.3, 0.4) is 0 Å². The van der Waals surface area contributed by atoms with E-state index in [0.717, 1.165) is 16.0 Å². The highest BCUT2D eigenvalue weighted by atomic mass is 16.3. The largest absolute Gasteiger partial charge is 0.248 e. The lowest BCUT2D eigenvalue weighted by Gasteiger charge is -2.10. The number of rotatable bonds is 1. The molecule has 0 radical (unpaired) electrons. The van der Waals surface area contributed by atoms with Gasteiger partial charge in [0.15, 0.2) is 6.21 Å². The van der Waals surface area contributed by atoms with Crippen LogP contribution in [-0.4, -0.2) is 28.7 Å². The molecule has 5 nitrogen and oxygen atoms in total. The molecule has 0 N–H and O–H groups in total. The van der Waals surface area contributed by atoms with Gasteiger partial charge in [-0.3, -0.25) is 0 Å². The summed E-state index contributed by atoms with van der Waals surface area (Å²) in [7, 11) is 0. The van der Waals surface area contributed by atoms with E-state index >= 15 is 0 Å². The molecule has 3 rings (SSSR count). The van der Waals surface area contributed by atoms with Crippen LogP contribution >= 0.6 is 0 Å². The number of hydrogen-bond acceptors (Lipinski definition) is 3. The Bertz CT molecular complexity index is 530. The van der Waals surface area contributed by atoms with Crippen molar-refractivity contribution < 1.29 is 4.87 Å². The molecule has 78 valence electrons. The SMILES string of the molecule is O=[N+]1CN=C2C(c3ccccc3)=CC=NN21. The van der Waals surface area contributed by atoms with Gasteiger partial charge in [0.2, 0.25) is 12.5 Å². The van der Waals surface area contributed by atoms with Crippen LogP contribution in [0.15, 0.2) is 46.5 Å². The molecule has 0 spiro atoms. The Morgan fingerprint density at radius 1 is 1.25 bits per heavy atom. The lowest BCUT2D eigenvalue weighted by Crippen LogP contribution is -2.30. The Hall–Kier alpha value is -2.30. The summed E-state index contributed by atoms with van der Waals surface area (Å²) in [6, 6.07) is 9.83. The molecule has 2 aliphatic heterocycles. The number of benzene rings is 1. The van der Waals surface area contributed by atoms with Gasteiger partial charge in [0, 0.05) is 15.8 Å². The fourth-order valence-electron chi connectivity index (χ4n) is 1.75. The molecule has 0 saturated heterocycles. The summed E-state index contributed by atoms with van der Waals surface area (Å²) in [5, 5.41) is 5.24. The summed E-state index contributed by atoms with van der Waals surface area (Å²) in [6.07, 6.45) is 3.47. The molecule has 16 heavy (non-hydrogen) atoms. The third-order valence-corrected chi connectivity index (χ3v) is 2.49. The van der Waals surface area contributed by atoms with Crippen LogP contribution in [0.1, 0.15) is 5.56 Å². The number of amidine groups is 1. The van der Waals surface area contributed by atoms with Crippen molar-refractivity contribution in [2.75, 3.05) is 6.67 Å². The molecule has 0 bridgehead atoms. The zero-order valence-corrected chi connectivity index (χ0v) is 8.45. The number of allylic oxidation sites excluding steroid dienone is 1. The first-order chi connectivity index (χ1) is 7.86. The number of hydrazone groups is 1. The fourth-order valence-corrected chi connectivity index (χ4v) is 1.75. The van der Waals surface area contributed by atoms with Gasteiger partial charge < -0.3 is 0 Å². The molecule has 2 aliphatic rings. The first kappa shape index (κ1) is 8.96. The van der Waals surface area contributed by atoms with Gasteiger partial charge >= 0.3 is 0 Å². The molecule has 2 heterocycles. The second kappa shape index (κ2) is 3.37. The van der Waals surface area contributed by atoms with Gasteiger partial charge in [0.1, 0.15) is 0 Å². The van der Waals surface area contributed by atoms with Crippen molar-refractivity contribution in [3.63, 3.8) is 0 Å². The molecule has 1 aromatic carbocycles. The first-order valence-electron chi connectivity index (χ1n) is 4.95. The number of nitrogens with zero attached hydrogens (tertiary/aromatic N) is 4. The molecule has 0 unspecified atom stereocenters. The van der Waals surface area contributed by atoms with E-state index in [-0.39, 0.29) is 6.67 Å². The van der Waals surface area contributed by atoms with E-state index < -0.39 is 0 Å². The predicted molar refractivity (Wildman–Crippen MR) is 60.7 cm³/mol. The minimum atomic E-state index is 0.108. The third-order valence-electron chi connectivity index (χ3n) is 2.49. The van der Waals surface area contributed by atoms with E-state index in [0.29, 0.717) is 5.84 Å². The Morgan fingerprint density at radius 2 is 2.06 bits per heavy atom. The van der Waals surface area contributed by atoms with E-state index in [4.69, 9.17) is 0 Å². The molecule has 0 fully saturated rings. The van der Waals surface area contributed by atoms with Gasteiger partial charge in [-0.15, -0.1) is 0 Å². The van der Waals surface area contributed by atoms with Gasteiger partial charge in [-0.05, 0) is 16.5 Å². The average Bonchev–Trinajstić information content (AvgIpc) is 2.73. The second-order valence-corrected chi connectivity index (χ2v) is 3.48. The normalized spacial score (nSPS) is 18.2. The monoisotopic (exact) mass is 213 g/mol. The maximum atomic E-state index is 11.4. The summed E-state index contributed by atoms with van der Waals surface area (Å²) in [4.78, 5) is 16.3. The molecular formula is C11H9N4O+. The molecule has 5 heteroatoms. The summed E-state index contributed by atoms with van der Waals surface area (Å²) in [6.45, 7) is 0.108. The van der Waals surface area contributed by atoms with E-state index in [2.05, 4.69) is 10.1 Å². The lowest BCUT2D eigenvalue weighted by molar-refractivity contribution is -0.674. The van der Waals surface area contributed by atoms with Crippen molar-refractivity contribution in [3.8, 4) is 0 Å². The quantitative estimate of drug-likeness (QED) is 0.662. The van der Waals surface area contributed by atoms with E-state index in [1.807, 2.05) is 36.4 Å². The minimum absolute atomic E-state index is 0.108. The molecular weight excluding hydrogens is 204 g/mol. The Morgan fingerprint density at radius 3 is 2.88 bits per heavy atom. The van der Waals surface area contributed by atoms with Gasteiger partial charge in [0.05, 0.1) is 4.87 Å². The van der Waals surface area contributed by atoms with Crippen molar-refractivity contribution in [1.82, 2.24) is 5.12 Å². The van der Waals surface area contributed by atoms with E-state index in [1.165, 1.54) is 5.12 Å². The number of aliphatic imine (C=N–C) groups is 1. The highest BCUT2D eigenvalue weighted by Crippen LogP contribution is 2.23. The van der Waals surface area contributed by atoms with Crippen LogP contribution < -0.4 is 0 Å². The van der Waals surface area contributed by atoms with Crippen LogP contribution in [0.25, 0.3) is 5.57 Å². The van der Waals surface area contributed by atoms with Crippen LogP contribution in [0, 0.1) is 4.91 Å². The van der Waals surface area contributed by atoms with Crippen LogP contribution in [0.5, 0.6) is 0 Å². The minimum Gasteiger partial charge on any atom is -0.210 e. The van der Waals surface area contributed by atoms with Crippen molar-refractivity contribution >= 4 is 17.6 Å². The zero-order chi connectivity index (χ0) is 11.0. The Balaban J connectivity index is 2.06. The standard InChI is InChI=1S/C11H9N4O/c16-14-8-12-11-10(6-7-13-15(11)14)9-4-2-1-3-5-9/h1-7H,8H2/q+1. The highest BCUT2D eigenvalue weighted by molar-refractivity contribution is 6.26. The Kier molecular flexibility index (Phi) is 1.89. The maximum Gasteiger partial charge on any atom is 0.248 e. The number of nitroso groups, excluding NO2 is 1. The Labute approximate surface area is 92.0 Å². The fraction of sp³-hybridized carbons (Fsp3) is 0.0909. The van der Waals surface area contributed by atoms with Gasteiger partial charge in [0.25, 0.3) is 0 Å². The molecule has 0 saturated carbocycles. The zero-order valence-electron chi connectivity index (χ0n) is 8.45. The topological polar surface area (TPSA) is 48.0 Å². The molecule has 1 aromatic rings. The number of hydrazine groups is 1. The molecule has 0 aliphatic carbocycles. The van der Waals surface area contributed by atoms with E-state index in [9.17, 15) is 4.91 Å². The number of fused-ring (bicyclic) bond motifs is 1. The van der Waals surface area contributed by atoms with E-state index in [1.54, 1.807) is 6.21 Å². The van der Waals surface area contributed by atoms with Crippen molar-refractivity contribution in [1.29, 1.82) is 0 Å². The van der Waals surface area contributed by atoms with Crippen molar-refractivity contribution in [2.45, 2.75) is 0 Å². The highest BCUT2D eigenvalue weighted by Gasteiger charge is 2.36. The first-order valence-corrected chi connectivity index (χ1v) is 4.95. The summed E-state index contributed by atoms with van der Waals surface area (Å²) in [5.74, 6) is 0.615. The third kappa shape index (κ3) is 1.25. The summed E-state index contributed by atoms with van der Waals surface area (Å²) < 4.78 is 0. The maximum absolute atomic E-state index is 11.4. The van der Waals surface area contributed by atoms with Crippen molar-refractivity contribution in [3.05, 3.63) is 46.9 Å². The predicted octanol–water partition coefficient (Wildman–Crippen LogP) is 1.43. The molecule has 0 atom stereocenters. The van der Waals surface area contributed by atoms with Crippen LogP contribution in [0.4, 0.5) is 0 Å². The average molecular weight is 213 g/mol. The van der Waals surface area contributed by atoms with Crippen molar-refractivity contribution in [2.24, 2.45) is 10.1 Å². The molecule has 0 aromatic heterocycles. The van der Waals surface area contributed by atoms with Gasteiger partial charge in [-0.2, -0.15) is 0 Å². The van der Waals surface area contributed by atoms with Crippen LogP contribution in [0.2, 0.25) is 0 Å². The summed E-state index contributed by atoms with van der Waals surface area (Å²) in [5.41, 5.74) is 1.96. The second-order valence-electron chi connectivity index (χ2n) is 3.48. The van der Waals surface area contributed by atoms with Gasteiger partial charge in [-0.1, -0.05) is 30.3 Å².